The predicted molar refractivity (Wildman–Crippen MR) is 218 cm³/mol. The fourth-order valence-corrected chi connectivity index (χ4v) is 8.83. The van der Waals surface area contributed by atoms with Crippen molar-refractivity contribution >= 4 is 29.7 Å². The van der Waals surface area contributed by atoms with Gasteiger partial charge < -0.3 is 39.5 Å². The van der Waals surface area contributed by atoms with Crippen LogP contribution in [0.5, 0.6) is 5.75 Å². The van der Waals surface area contributed by atoms with E-state index in [1.54, 1.807) is 4.90 Å². The van der Waals surface area contributed by atoms with Crippen molar-refractivity contribution in [3.63, 3.8) is 0 Å². The zero-order chi connectivity index (χ0) is 38.9. The summed E-state index contributed by atoms with van der Waals surface area (Å²) < 4.78 is 11.7. The van der Waals surface area contributed by atoms with Crippen LogP contribution in [0.1, 0.15) is 101 Å². The summed E-state index contributed by atoms with van der Waals surface area (Å²) in [6, 6.07) is 11.8. The Morgan fingerprint density at radius 1 is 0.839 bits per heavy atom. The van der Waals surface area contributed by atoms with Crippen LogP contribution in [-0.4, -0.2) is 119 Å². The summed E-state index contributed by atoms with van der Waals surface area (Å²) in [5, 5.41) is 13.4. The van der Waals surface area contributed by atoms with Crippen LogP contribution in [0.2, 0.25) is 0 Å². The van der Waals surface area contributed by atoms with Gasteiger partial charge in [-0.1, -0.05) is 63.9 Å². The molecule has 3 fully saturated rings. The lowest BCUT2D eigenvalue weighted by Gasteiger charge is -2.42. The van der Waals surface area contributed by atoms with Gasteiger partial charge in [0.25, 0.3) is 5.91 Å². The number of carbonyl (C=O) groups is 4. The van der Waals surface area contributed by atoms with E-state index < -0.39 is 12.2 Å². The molecule has 3 saturated heterocycles. The molecule has 0 spiro atoms. The first-order valence-electron chi connectivity index (χ1n) is 20.7. The predicted octanol–water partition coefficient (Wildman–Crippen LogP) is 7.07. The molecule has 4 aliphatic rings. The molecule has 2 aromatic carbocycles. The van der Waals surface area contributed by atoms with Crippen molar-refractivity contribution in [2.75, 3.05) is 57.7 Å². The van der Waals surface area contributed by atoms with Crippen LogP contribution in [0.4, 0.5) is 15.3 Å². The first-order chi connectivity index (χ1) is 26.6. The average molecular weight is 776 g/mol. The molecule has 12 nitrogen and oxygen atoms in total. The Labute approximate surface area is 333 Å². The van der Waals surface area contributed by atoms with E-state index in [2.05, 4.69) is 17.1 Å². The molecule has 4 amide bonds. The van der Waals surface area contributed by atoms with Gasteiger partial charge in [0, 0.05) is 56.9 Å². The Kier molecular flexibility index (Phi) is 15.4. The number of urea groups is 1. The molecule has 6 rings (SSSR count). The van der Waals surface area contributed by atoms with Crippen LogP contribution in [0.15, 0.2) is 36.4 Å². The molecular weight excluding hydrogens is 711 g/mol. The number of phenols is 1. The van der Waals surface area contributed by atoms with Gasteiger partial charge in [0.1, 0.15) is 5.75 Å². The summed E-state index contributed by atoms with van der Waals surface area (Å²) >= 11 is 0. The van der Waals surface area contributed by atoms with E-state index in [9.17, 15) is 24.3 Å². The number of aromatic hydroxyl groups is 1. The number of piperidine rings is 3. The fraction of sp³-hybridized carbons (Fsp3) is 0.636. The maximum Gasteiger partial charge on any atom is 0.410 e. The maximum atomic E-state index is 14.2. The number of phenolic OH excluding ortho intramolecular Hbond substituents is 1. The standard InChI is InChI=1S/C43H61N5O7.CH4/c1-4-5-6-9-26-54-41(51)34-12-19-45(20-13-34)35-15-21-46(22-16-35)40(50)38(29-32-27-30(2)39(49)31(3)28-32)55-43(53)47-23-17-36(18-24-47)48-25-14-33-10-7-8-11-37(33)44-42(48)52;/h7-8,10-11,27-28,34-36,38,49H,4-6,9,12-26,29H2,1-3H3,(H,44,52);1H4/t38-;/m1./s1. The molecule has 0 radical (unpaired) electrons. The molecule has 56 heavy (non-hydrogen) atoms. The van der Waals surface area contributed by atoms with Crippen LogP contribution >= 0.6 is 0 Å². The lowest BCUT2D eigenvalue weighted by atomic mass is 9.93. The van der Waals surface area contributed by atoms with Gasteiger partial charge in [0.2, 0.25) is 0 Å². The third-order valence-corrected chi connectivity index (χ3v) is 12.2. The van der Waals surface area contributed by atoms with Gasteiger partial charge in [-0.25, -0.2) is 9.59 Å². The molecule has 4 heterocycles. The van der Waals surface area contributed by atoms with Gasteiger partial charge >= 0.3 is 18.1 Å². The van der Waals surface area contributed by atoms with Gasteiger partial charge in [0.15, 0.2) is 6.10 Å². The van der Waals surface area contributed by atoms with Crippen molar-refractivity contribution in [1.29, 1.82) is 0 Å². The van der Waals surface area contributed by atoms with Crippen molar-refractivity contribution in [2.45, 2.75) is 123 Å². The Bertz CT molecular complexity index is 1620. The highest BCUT2D eigenvalue weighted by molar-refractivity contribution is 5.91. The molecule has 1 atom stereocenters. The SMILES string of the molecule is C.CCCCCCOC(=O)C1CCN(C2CCN(C(=O)[C@@H](Cc3cc(C)c(O)c(C)c3)OC(=O)N3CCC(N4CCc5ccccc5NC4=O)CC3)CC2)CC1. The summed E-state index contributed by atoms with van der Waals surface area (Å²) in [5.74, 6) is -0.0778. The zero-order valence-corrected chi connectivity index (χ0v) is 33.1. The number of anilines is 1. The van der Waals surface area contributed by atoms with Gasteiger partial charge in [-0.05, 0) is 107 Å². The van der Waals surface area contributed by atoms with Crippen molar-refractivity contribution in [3.8, 4) is 5.75 Å². The first kappa shape index (κ1) is 42.8. The molecule has 0 aromatic heterocycles. The van der Waals surface area contributed by atoms with Crippen LogP contribution in [0.25, 0.3) is 0 Å². The minimum Gasteiger partial charge on any atom is -0.507 e. The van der Waals surface area contributed by atoms with Gasteiger partial charge in [-0.2, -0.15) is 0 Å². The molecule has 0 bridgehead atoms. The number of benzene rings is 2. The van der Waals surface area contributed by atoms with E-state index in [4.69, 9.17) is 9.47 Å². The lowest BCUT2D eigenvalue weighted by molar-refractivity contribution is -0.151. The Morgan fingerprint density at radius 2 is 1.48 bits per heavy atom. The van der Waals surface area contributed by atoms with Crippen LogP contribution < -0.4 is 5.32 Å². The first-order valence-corrected chi connectivity index (χ1v) is 20.7. The highest BCUT2D eigenvalue weighted by Gasteiger charge is 2.37. The molecule has 2 aromatic rings. The smallest absolute Gasteiger partial charge is 0.410 e. The molecule has 12 heteroatoms. The van der Waals surface area contributed by atoms with E-state index in [1.807, 2.05) is 60.0 Å². The van der Waals surface area contributed by atoms with E-state index in [0.717, 1.165) is 81.3 Å². The number of likely N-dealkylation sites (tertiary alicyclic amines) is 3. The second-order valence-corrected chi connectivity index (χ2v) is 16.0. The number of nitrogens with zero attached hydrogens (tertiary/aromatic N) is 4. The lowest BCUT2D eigenvalue weighted by Crippen LogP contribution is -2.53. The summed E-state index contributed by atoms with van der Waals surface area (Å²) in [7, 11) is 0. The number of rotatable bonds is 12. The summed E-state index contributed by atoms with van der Waals surface area (Å²) in [4.78, 5) is 61.5. The molecule has 308 valence electrons. The number of ether oxygens (including phenoxy) is 2. The highest BCUT2D eigenvalue weighted by Crippen LogP contribution is 2.29. The average Bonchev–Trinajstić information content (AvgIpc) is 3.37. The number of aryl methyl sites for hydroxylation is 2. The number of esters is 1. The van der Waals surface area contributed by atoms with Gasteiger partial charge in [-0.3, -0.25) is 9.59 Å². The number of hydrogen-bond donors (Lipinski definition) is 2. The number of amides is 4. The number of carbonyl (C=O) groups excluding carboxylic acids is 4. The van der Waals surface area contributed by atoms with Crippen molar-refractivity contribution in [1.82, 2.24) is 19.6 Å². The number of para-hydroxylation sites is 1. The second kappa shape index (κ2) is 20.2. The summed E-state index contributed by atoms with van der Waals surface area (Å²) in [5.41, 5.74) is 4.20. The third-order valence-electron chi connectivity index (χ3n) is 12.2. The summed E-state index contributed by atoms with van der Waals surface area (Å²) in [6.45, 7) is 10.6. The molecule has 0 saturated carbocycles. The molecular formula is C44H65N5O7. The number of hydrogen-bond acceptors (Lipinski definition) is 8. The van der Waals surface area contributed by atoms with Gasteiger partial charge in [0.05, 0.1) is 12.5 Å². The van der Waals surface area contributed by atoms with Crippen LogP contribution in [0, 0.1) is 19.8 Å². The van der Waals surface area contributed by atoms with Crippen LogP contribution in [0.3, 0.4) is 0 Å². The molecule has 0 aliphatic carbocycles. The highest BCUT2D eigenvalue weighted by atomic mass is 16.6. The monoisotopic (exact) mass is 775 g/mol. The van der Waals surface area contributed by atoms with Crippen molar-refractivity contribution in [3.05, 3.63) is 58.7 Å². The van der Waals surface area contributed by atoms with Crippen LogP contribution in [-0.2, 0) is 31.9 Å². The summed E-state index contributed by atoms with van der Waals surface area (Å²) in [6.07, 6.45) is 8.28. The number of fused-ring (bicyclic) bond motifs is 1. The van der Waals surface area contributed by atoms with E-state index in [1.165, 1.54) is 6.42 Å². The molecule has 2 N–H and O–H groups in total. The van der Waals surface area contributed by atoms with Crippen molar-refractivity contribution in [2.24, 2.45) is 5.92 Å². The van der Waals surface area contributed by atoms with E-state index >= 15 is 0 Å². The number of nitrogens with one attached hydrogen (secondary N) is 1. The minimum atomic E-state index is -1.01. The van der Waals surface area contributed by atoms with Gasteiger partial charge in [-0.15, -0.1) is 0 Å². The third kappa shape index (κ3) is 10.7. The second-order valence-electron chi connectivity index (χ2n) is 16.0. The molecule has 0 unspecified atom stereocenters. The quantitative estimate of drug-likeness (QED) is 0.173. The number of unbranched alkanes of at least 4 members (excludes halogenated alkanes) is 3. The Hall–Kier alpha value is -4.32. The van der Waals surface area contributed by atoms with E-state index in [0.29, 0.717) is 69.3 Å². The largest absolute Gasteiger partial charge is 0.507 e. The van der Waals surface area contributed by atoms with Crippen molar-refractivity contribution < 1.29 is 33.8 Å². The fourth-order valence-electron chi connectivity index (χ4n) is 8.83. The normalized spacial score (nSPS) is 19.3. The minimum absolute atomic E-state index is 0. The maximum absolute atomic E-state index is 14.2. The Morgan fingerprint density at radius 3 is 2.16 bits per heavy atom. The Balaban J connectivity index is 0.00000600. The van der Waals surface area contributed by atoms with E-state index in [-0.39, 0.29) is 49.5 Å². The zero-order valence-electron chi connectivity index (χ0n) is 33.1. The topological polar surface area (TPSA) is 132 Å². The molecule has 4 aliphatic heterocycles.